The number of nitrogens with zero attached hydrogens (tertiary/aromatic N) is 4. The van der Waals surface area contributed by atoms with Crippen LogP contribution in [0.3, 0.4) is 0 Å². The Morgan fingerprint density at radius 2 is 2.15 bits per heavy atom. The number of aromatic nitrogens is 3. The van der Waals surface area contributed by atoms with E-state index >= 15 is 0 Å². The van der Waals surface area contributed by atoms with Crippen LogP contribution in [0.1, 0.15) is 20.3 Å². The quantitative estimate of drug-likeness (QED) is 0.854. The minimum Gasteiger partial charge on any atom is -0.357 e. The summed E-state index contributed by atoms with van der Waals surface area (Å²) >= 11 is 0. The highest BCUT2D eigenvalue weighted by Crippen LogP contribution is 2.37. The van der Waals surface area contributed by atoms with Crippen molar-refractivity contribution in [3.05, 3.63) is 12.3 Å². The minimum atomic E-state index is -2.69. The molecule has 2 fully saturated rings. The van der Waals surface area contributed by atoms with Crippen LogP contribution in [-0.4, -0.2) is 65.0 Å². The predicted octanol–water partition coefficient (Wildman–Crippen LogP) is 2.80. The van der Waals surface area contributed by atoms with Crippen molar-refractivity contribution in [3.8, 4) is 0 Å². The van der Waals surface area contributed by atoms with Crippen molar-refractivity contribution in [2.75, 3.05) is 49.5 Å². The van der Waals surface area contributed by atoms with Crippen molar-refractivity contribution < 1.29 is 8.78 Å². The molecule has 2 aromatic rings. The van der Waals surface area contributed by atoms with E-state index < -0.39 is 11.8 Å². The summed E-state index contributed by atoms with van der Waals surface area (Å²) < 4.78 is 28.0. The number of hydrogen-bond acceptors (Lipinski definition) is 5. The lowest BCUT2D eigenvalue weighted by molar-refractivity contribution is -0.0137. The first-order chi connectivity index (χ1) is 12.4. The molecule has 0 radical (unpaired) electrons. The Morgan fingerprint density at radius 3 is 2.85 bits per heavy atom. The average Bonchev–Trinajstić information content (AvgIpc) is 3.27. The molecular weight excluding hydrogens is 338 g/mol. The summed E-state index contributed by atoms with van der Waals surface area (Å²) in [5, 5.41) is 3.27. The van der Waals surface area contributed by atoms with E-state index in [2.05, 4.69) is 32.1 Å². The van der Waals surface area contributed by atoms with Gasteiger partial charge in [-0.3, -0.25) is 0 Å². The first-order valence-electron chi connectivity index (χ1n) is 9.36. The van der Waals surface area contributed by atoms with E-state index in [9.17, 15) is 8.78 Å². The number of H-pyrrole nitrogens is 1. The monoisotopic (exact) mass is 364 g/mol. The van der Waals surface area contributed by atoms with Gasteiger partial charge in [0.1, 0.15) is 5.52 Å². The number of hydrogen-bond donors (Lipinski definition) is 2. The van der Waals surface area contributed by atoms with Crippen molar-refractivity contribution in [1.29, 1.82) is 0 Å². The van der Waals surface area contributed by atoms with Crippen LogP contribution in [0, 0.1) is 11.8 Å². The lowest BCUT2D eigenvalue weighted by atomic mass is 10.1. The largest absolute Gasteiger partial charge is 0.357 e. The lowest BCUT2D eigenvalue weighted by Gasteiger charge is -2.19. The maximum absolute atomic E-state index is 14.0. The second kappa shape index (κ2) is 6.64. The Balaban J connectivity index is 1.50. The van der Waals surface area contributed by atoms with Crippen molar-refractivity contribution in [2.45, 2.75) is 26.2 Å². The summed E-state index contributed by atoms with van der Waals surface area (Å²) in [6, 6.07) is 1.85. The molecule has 0 bridgehead atoms. The lowest BCUT2D eigenvalue weighted by Crippen LogP contribution is -2.28. The van der Waals surface area contributed by atoms with E-state index in [0.29, 0.717) is 23.8 Å². The fourth-order valence-corrected chi connectivity index (χ4v) is 3.89. The van der Waals surface area contributed by atoms with Crippen LogP contribution in [0.5, 0.6) is 0 Å². The zero-order valence-electron chi connectivity index (χ0n) is 15.3. The van der Waals surface area contributed by atoms with Gasteiger partial charge in [-0.15, -0.1) is 0 Å². The summed E-state index contributed by atoms with van der Waals surface area (Å²) in [5.41, 5.74) is 1.46. The van der Waals surface area contributed by atoms with Crippen LogP contribution in [0.25, 0.3) is 11.0 Å². The molecule has 2 atom stereocenters. The molecule has 4 heterocycles. The van der Waals surface area contributed by atoms with Gasteiger partial charge in [0.2, 0.25) is 5.95 Å². The standard InChI is InChI=1S/C18H26F2N6/c1-12-4-7-25(9-12)8-6-22-17-23-14-3-5-21-15(14)16(24-17)26-10-13(2)18(19,20)11-26/h3,5,12-13,21H,4,6-11H2,1-2H3,(H,22,23,24). The maximum Gasteiger partial charge on any atom is 0.269 e. The van der Waals surface area contributed by atoms with Crippen LogP contribution in [0.2, 0.25) is 0 Å². The summed E-state index contributed by atoms with van der Waals surface area (Å²) in [5.74, 6) is -1.56. The molecule has 2 unspecified atom stereocenters. The van der Waals surface area contributed by atoms with Crippen molar-refractivity contribution in [3.63, 3.8) is 0 Å². The maximum atomic E-state index is 14.0. The molecule has 4 rings (SSSR count). The zero-order valence-corrected chi connectivity index (χ0v) is 15.3. The van der Waals surface area contributed by atoms with Gasteiger partial charge in [-0.2, -0.15) is 4.98 Å². The molecular formula is C18H26F2N6. The van der Waals surface area contributed by atoms with Crippen molar-refractivity contribution >= 4 is 22.8 Å². The first-order valence-corrected chi connectivity index (χ1v) is 9.36. The number of aromatic amines is 1. The molecule has 2 N–H and O–H groups in total. The number of fused-ring (bicyclic) bond motifs is 1. The molecule has 8 heteroatoms. The van der Waals surface area contributed by atoms with Gasteiger partial charge < -0.3 is 20.1 Å². The second-order valence-electron chi connectivity index (χ2n) is 7.77. The van der Waals surface area contributed by atoms with E-state index in [-0.39, 0.29) is 6.54 Å². The number of alkyl halides is 2. The van der Waals surface area contributed by atoms with Gasteiger partial charge in [0.05, 0.1) is 12.1 Å². The number of anilines is 2. The van der Waals surface area contributed by atoms with E-state index in [1.165, 1.54) is 6.42 Å². The average molecular weight is 364 g/mol. The Hall–Kier alpha value is -1.96. The number of nitrogens with one attached hydrogen (secondary N) is 2. The first kappa shape index (κ1) is 17.5. The van der Waals surface area contributed by atoms with Crippen LogP contribution < -0.4 is 10.2 Å². The number of likely N-dealkylation sites (tertiary alicyclic amines) is 1. The third-order valence-corrected chi connectivity index (χ3v) is 5.52. The van der Waals surface area contributed by atoms with Gasteiger partial charge in [0.15, 0.2) is 5.82 Å². The zero-order chi connectivity index (χ0) is 18.3. The SMILES string of the molecule is CC1CCN(CCNc2nc(N3CC(C)C(F)(F)C3)c3[nH]ccc3n2)C1. The molecule has 142 valence electrons. The van der Waals surface area contributed by atoms with Gasteiger partial charge in [-0.25, -0.2) is 13.8 Å². The second-order valence-corrected chi connectivity index (χ2v) is 7.77. The number of rotatable bonds is 5. The Labute approximate surface area is 152 Å². The van der Waals surface area contributed by atoms with Crippen molar-refractivity contribution in [1.82, 2.24) is 19.9 Å². The van der Waals surface area contributed by atoms with Gasteiger partial charge in [0.25, 0.3) is 5.92 Å². The fraction of sp³-hybridized carbons (Fsp3) is 0.667. The smallest absolute Gasteiger partial charge is 0.269 e. The molecule has 2 aromatic heterocycles. The third kappa shape index (κ3) is 3.34. The van der Waals surface area contributed by atoms with E-state index in [4.69, 9.17) is 0 Å². The van der Waals surface area contributed by atoms with Crippen molar-refractivity contribution in [2.24, 2.45) is 11.8 Å². The molecule has 0 saturated carbocycles. The molecule has 0 aliphatic carbocycles. The summed E-state index contributed by atoms with van der Waals surface area (Å²) in [6.07, 6.45) is 3.02. The van der Waals surface area contributed by atoms with Crippen LogP contribution >= 0.6 is 0 Å². The minimum absolute atomic E-state index is 0.295. The molecule has 6 nitrogen and oxygen atoms in total. The predicted molar refractivity (Wildman–Crippen MR) is 98.9 cm³/mol. The topological polar surface area (TPSA) is 60.1 Å². The molecule has 2 saturated heterocycles. The Kier molecular flexibility index (Phi) is 4.46. The molecule has 26 heavy (non-hydrogen) atoms. The molecule has 0 amide bonds. The van der Waals surface area contributed by atoms with Gasteiger partial charge in [-0.05, 0) is 24.9 Å². The van der Waals surface area contributed by atoms with E-state index in [1.807, 2.05) is 6.07 Å². The van der Waals surface area contributed by atoms with Crippen LogP contribution in [0.4, 0.5) is 20.5 Å². The highest BCUT2D eigenvalue weighted by Gasteiger charge is 2.46. The highest BCUT2D eigenvalue weighted by molar-refractivity contribution is 5.87. The Morgan fingerprint density at radius 1 is 1.31 bits per heavy atom. The Bertz CT molecular complexity index is 776. The summed E-state index contributed by atoms with van der Waals surface area (Å²) in [4.78, 5) is 16.3. The normalized spacial score (nSPS) is 26.1. The third-order valence-electron chi connectivity index (χ3n) is 5.52. The molecule has 0 spiro atoms. The summed E-state index contributed by atoms with van der Waals surface area (Å²) in [7, 11) is 0. The molecule has 0 aromatic carbocycles. The molecule has 2 aliphatic heterocycles. The van der Waals surface area contributed by atoms with Crippen LogP contribution in [-0.2, 0) is 0 Å². The summed E-state index contributed by atoms with van der Waals surface area (Å²) in [6.45, 7) is 7.80. The fourth-order valence-electron chi connectivity index (χ4n) is 3.89. The highest BCUT2D eigenvalue weighted by atomic mass is 19.3. The van der Waals surface area contributed by atoms with E-state index in [0.717, 1.165) is 37.6 Å². The van der Waals surface area contributed by atoms with Gasteiger partial charge >= 0.3 is 0 Å². The van der Waals surface area contributed by atoms with Gasteiger partial charge in [0, 0.05) is 38.3 Å². The number of halogens is 2. The molecule has 2 aliphatic rings. The van der Waals surface area contributed by atoms with Crippen LogP contribution in [0.15, 0.2) is 12.3 Å². The van der Waals surface area contributed by atoms with Gasteiger partial charge in [-0.1, -0.05) is 13.8 Å². The van der Waals surface area contributed by atoms with E-state index in [1.54, 1.807) is 18.0 Å².